The summed E-state index contributed by atoms with van der Waals surface area (Å²) < 4.78 is 5.28. The van der Waals surface area contributed by atoms with Gasteiger partial charge >= 0.3 is 0 Å². The number of hydrogen-bond acceptors (Lipinski definition) is 3. The third-order valence-corrected chi connectivity index (χ3v) is 5.52. The molecule has 142 valence electrons. The van der Waals surface area contributed by atoms with Crippen molar-refractivity contribution < 1.29 is 9.53 Å². The minimum absolute atomic E-state index is 0.0179. The van der Waals surface area contributed by atoms with Crippen LogP contribution in [0.5, 0.6) is 5.75 Å². The summed E-state index contributed by atoms with van der Waals surface area (Å²) >= 11 is 6.03. The fourth-order valence-electron chi connectivity index (χ4n) is 3.83. The molecule has 0 spiro atoms. The van der Waals surface area contributed by atoms with Crippen molar-refractivity contribution in [2.75, 3.05) is 12.0 Å². The average molecular weight is 401 g/mol. The van der Waals surface area contributed by atoms with Crippen molar-refractivity contribution in [3.8, 4) is 17.0 Å². The quantitative estimate of drug-likeness (QED) is 0.441. The Kier molecular flexibility index (Phi) is 4.22. The number of halogens is 1. The molecule has 1 aromatic heterocycles. The van der Waals surface area contributed by atoms with Crippen LogP contribution in [0.4, 0.5) is 5.69 Å². The maximum atomic E-state index is 13.4. The van der Waals surface area contributed by atoms with Crippen molar-refractivity contribution in [3.63, 3.8) is 0 Å². The SMILES string of the molecule is COc1ccc(-c2nc3ccccc3c3c2CN(c2ccc(Cl)cc2)C3=O)cc1. The van der Waals surface area contributed by atoms with Crippen molar-refractivity contribution in [2.45, 2.75) is 6.54 Å². The van der Waals surface area contributed by atoms with Crippen LogP contribution in [0.2, 0.25) is 5.02 Å². The molecule has 4 nitrogen and oxygen atoms in total. The average Bonchev–Trinajstić information content (AvgIpc) is 3.11. The summed E-state index contributed by atoms with van der Waals surface area (Å²) in [5, 5.41) is 1.52. The van der Waals surface area contributed by atoms with Crippen LogP contribution in [-0.4, -0.2) is 18.0 Å². The van der Waals surface area contributed by atoms with Gasteiger partial charge in [0.25, 0.3) is 5.91 Å². The Hall–Kier alpha value is -3.37. The largest absolute Gasteiger partial charge is 0.497 e. The zero-order valence-electron chi connectivity index (χ0n) is 15.7. The normalized spacial score (nSPS) is 13.0. The molecule has 29 heavy (non-hydrogen) atoms. The molecule has 0 atom stereocenters. The van der Waals surface area contributed by atoms with E-state index in [4.69, 9.17) is 21.3 Å². The molecule has 0 saturated carbocycles. The van der Waals surface area contributed by atoms with E-state index in [9.17, 15) is 4.79 Å². The van der Waals surface area contributed by atoms with E-state index in [1.54, 1.807) is 24.1 Å². The highest BCUT2D eigenvalue weighted by molar-refractivity contribution is 6.30. The van der Waals surface area contributed by atoms with Crippen LogP contribution < -0.4 is 9.64 Å². The third-order valence-electron chi connectivity index (χ3n) is 5.27. The molecule has 0 N–H and O–H groups in total. The topological polar surface area (TPSA) is 42.4 Å². The number of methoxy groups -OCH3 is 1. The van der Waals surface area contributed by atoms with Crippen LogP contribution in [0, 0.1) is 0 Å². The first-order chi connectivity index (χ1) is 14.2. The summed E-state index contributed by atoms with van der Waals surface area (Å²) in [7, 11) is 1.64. The number of hydrogen-bond donors (Lipinski definition) is 0. The first kappa shape index (κ1) is 17.7. The van der Waals surface area contributed by atoms with Crippen LogP contribution in [-0.2, 0) is 6.54 Å². The fourth-order valence-corrected chi connectivity index (χ4v) is 3.96. The lowest BCUT2D eigenvalue weighted by atomic mass is 9.98. The summed E-state index contributed by atoms with van der Waals surface area (Å²) in [5.74, 6) is 0.765. The van der Waals surface area contributed by atoms with Gasteiger partial charge in [0.15, 0.2) is 0 Å². The van der Waals surface area contributed by atoms with Gasteiger partial charge in [-0.25, -0.2) is 4.98 Å². The first-order valence-corrected chi connectivity index (χ1v) is 9.67. The molecule has 0 fully saturated rings. The zero-order chi connectivity index (χ0) is 20.0. The number of ether oxygens (including phenoxy) is 1. The predicted molar refractivity (Wildman–Crippen MR) is 116 cm³/mol. The summed E-state index contributed by atoms with van der Waals surface area (Å²) in [6.07, 6.45) is 0. The molecule has 0 bridgehead atoms. The van der Waals surface area contributed by atoms with Gasteiger partial charge in [-0.15, -0.1) is 0 Å². The van der Waals surface area contributed by atoms with Gasteiger partial charge in [-0.3, -0.25) is 4.79 Å². The van der Waals surface area contributed by atoms with Gasteiger partial charge < -0.3 is 9.64 Å². The molecule has 0 radical (unpaired) electrons. The minimum Gasteiger partial charge on any atom is -0.497 e. The van der Waals surface area contributed by atoms with Gasteiger partial charge in [0.05, 0.1) is 30.4 Å². The van der Waals surface area contributed by atoms with Gasteiger partial charge in [-0.1, -0.05) is 29.8 Å². The van der Waals surface area contributed by atoms with Crippen LogP contribution in [0.1, 0.15) is 15.9 Å². The summed E-state index contributed by atoms with van der Waals surface area (Å²) in [4.78, 5) is 20.1. The maximum Gasteiger partial charge on any atom is 0.259 e. The highest BCUT2D eigenvalue weighted by Crippen LogP contribution is 2.38. The molecular weight excluding hydrogens is 384 g/mol. The van der Waals surface area contributed by atoms with E-state index >= 15 is 0 Å². The van der Waals surface area contributed by atoms with E-state index < -0.39 is 0 Å². The van der Waals surface area contributed by atoms with Crippen molar-refractivity contribution in [3.05, 3.63) is 88.9 Å². The smallest absolute Gasteiger partial charge is 0.259 e. The van der Waals surface area contributed by atoms with Crippen molar-refractivity contribution in [1.82, 2.24) is 4.98 Å². The third kappa shape index (κ3) is 2.93. The second kappa shape index (κ2) is 6.90. The number of para-hydroxylation sites is 1. The maximum absolute atomic E-state index is 13.4. The van der Waals surface area contributed by atoms with Crippen LogP contribution >= 0.6 is 11.6 Å². The van der Waals surface area contributed by atoms with E-state index in [0.717, 1.165) is 44.7 Å². The van der Waals surface area contributed by atoms with E-state index in [2.05, 4.69) is 0 Å². The molecule has 0 unspecified atom stereocenters. The Morgan fingerprint density at radius 2 is 1.69 bits per heavy atom. The number of aromatic nitrogens is 1. The van der Waals surface area contributed by atoms with Gasteiger partial charge in [-0.05, 0) is 54.6 Å². The number of anilines is 1. The summed E-state index contributed by atoms with van der Waals surface area (Å²) in [6.45, 7) is 0.467. The van der Waals surface area contributed by atoms with Gasteiger partial charge in [-0.2, -0.15) is 0 Å². The molecular formula is C24H17ClN2O2. The number of amides is 1. The van der Waals surface area contributed by atoms with E-state index in [1.165, 1.54) is 0 Å². The lowest BCUT2D eigenvalue weighted by Gasteiger charge is -2.15. The van der Waals surface area contributed by atoms with Crippen LogP contribution in [0.25, 0.3) is 22.2 Å². The number of pyridine rings is 1. The van der Waals surface area contributed by atoms with Gasteiger partial charge in [0.1, 0.15) is 5.75 Å². The molecule has 1 aliphatic rings. The lowest BCUT2D eigenvalue weighted by molar-refractivity contribution is 0.0998. The van der Waals surface area contributed by atoms with Crippen LogP contribution in [0.3, 0.4) is 0 Å². The Balaban J connectivity index is 1.71. The van der Waals surface area contributed by atoms with Crippen molar-refractivity contribution >= 4 is 34.1 Å². The number of carbonyl (C=O) groups is 1. The molecule has 1 aliphatic heterocycles. The summed E-state index contributed by atoms with van der Waals surface area (Å²) in [5.41, 5.74) is 5.07. The number of carbonyl (C=O) groups excluding carboxylic acids is 1. The Morgan fingerprint density at radius 1 is 0.966 bits per heavy atom. The lowest BCUT2D eigenvalue weighted by Crippen LogP contribution is -2.22. The Bertz CT molecular complexity index is 1230. The molecule has 5 rings (SSSR count). The van der Waals surface area contributed by atoms with Crippen LogP contribution in [0.15, 0.2) is 72.8 Å². The standard InChI is InChI=1S/C24H17ClN2O2/c1-29-18-12-6-15(7-13-18)23-20-14-27(17-10-8-16(25)9-11-17)24(28)22(20)19-4-2-3-5-21(19)26-23/h2-13H,14H2,1H3. The predicted octanol–water partition coefficient (Wildman–Crippen LogP) is 5.72. The Labute approximate surface area is 173 Å². The Morgan fingerprint density at radius 3 is 2.41 bits per heavy atom. The van der Waals surface area contributed by atoms with E-state index in [0.29, 0.717) is 11.6 Å². The molecule has 3 aromatic carbocycles. The summed E-state index contributed by atoms with van der Waals surface area (Å²) in [6, 6.07) is 22.9. The number of benzene rings is 3. The molecule has 2 heterocycles. The number of fused-ring (bicyclic) bond motifs is 3. The second-order valence-corrected chi connectivity index (χ2v) is 7.36. The monoisotopic (exact) mass is 400 g/mol. The first-order valence-electron chi connectivity index (χ1n) is 9.29. The molecule has 0 aliphatic carbocycles. The van der Waals surface area contributed by atoms with E-state index in [-0.39, 0.29) is 5.91 Å². The van der Waals surface area contributed by atoms with E-state index in [1.807, 2.05) is 60.7 Å². The second-order valence-electron chi connectivity index (χ2n) is 6.93. The zero-order valence-corrected chi connectivity index (χ0v) is 16.5. The van der Waals surface area contributed by atoms with Gasteiger partial charge in [0, 0.05) is 27.2 Å². The number of nitrogens with zero attached hydrogens (tertiary/aromatic N) is 2. The molecule has 0 saturated heterocycles. The molecule has 4 aromatic rings. The van der Waals surface area contributed by atoms with Crippen molar-refractivity contribution in [2.24, 2.45) is 0 Å². The van der Waals surface area contributed by atoms with Gasteiger partial charge in [0.2, 0.25) is 0 Å². The minimum atomic E-state index is -0.0179. The number of rotatable bonds is 3. The highest BCUT2D eigenvalue weighted by atomic mass is 35.5. The highest BCUT2D eigenvalue weighted by Gasteiger charge is 2.33. The van der Waals surface area contributed by atoms with Crippen molar-refractivity contribution in [1.29, 1.82) is 0 Å². The fraction of sp³-hybridized carbons (Fsp3) is 0.0833. The molecule has 1 amide bonds. The molecule has 5 heteroatoms.